The maximum absolute atomic E-state index is 12.0. The standard InChI is InChI=1S/C15H21ClN2O6S/c1-11(15(20)17-9-10-23-2)24-14(19)7-8-18-25(21,22)13-5-3-12(16)4-6-13/h3-6,11,18H,7-10H2,1-2H3,(H,17,20)/t11-/m1/s1. The van der Waals surface area contributed by atoms with Crippen LogP contribution in [0.15, 0.2) is 29.2 Å². The Hall–Kier alpha value is -1.68. The van der Waals surface area contributed by atoms with E-state index in [0.29, 0.717) is 18.2 Å². The summed E-state index contributed by atoms with van der Waals surface area (Å²) < 4.78 is 36.0. The number of ether oxygens (including phenoxy) is 2. The molecule has 0 aliphatic carbocycles. The maximum atomic E-state index is 12.0. The van der Waals surface area contributed by atoms with Gasteiger partial charge in [-0.3, -0.25) is 9.59 Å². The highest BCUT2D eigenvalue weighted by Crippen LogP contribution is 2.13. The van der Waals surface area contributed by atoms with Crippen LogP contribution in [-0.2, 0) is 29.1 Å². The van der Waals surface area contributed by atoms with Gasteiger partial charge in [-0.15, -0.1) is 0 Å². The topological polar surface area (TPSA) is 111 Å². The highest BCUT2D eigenvalue weighted by atomic mass is 35.5. The van der Waals surface area contributed by atoms with E-state index in [1.807, 2.05) is 0 Å². The van der Waals surface area contributed by atoms with Gasteiger partial charge >= 0.3 is 5.97 Å². The fourth-order valence-electron chi connectivity index (χ4n) is 1.71. The first kappa shape index (κ1) is 21.4. The van der Waals surface area contributed by atoms with E-state index < -0.39 is 28.0 Å². The number of sulfonamides is 1. The Balaban J connectivity index is 2.38. The van der Waals surface area contributed by atoms with Gasteiger partial charge in [0.1, 0.15) is 0 Å². The van der Waals surface area contributed by atoms with Crippen LogP contribution in [0.25, 0.3) is 0 Å². The van der Waals surface area contributed by atoms with Crippen molar-refractivity contribution in [2.24, 2.45) is 0 Å². The molecule has 0 saturated carbocycles. The van der Waals surface area contributed by atoms with Gasteiger partial charge in [0.25, 0.3) is 5.91 Å². The molecule has 0 aromatic heterocycles. The van der Waals surface area contributed by atoms with Gasteiger partial charge in [0, 0.05) is 25.2 Å². The molecule has 1 amide bonds. The van der Waals surface area contributed by atoms with Crippen molar-refractivity contribution in [1.82, 2.24) is 10.0 Å². The second-order valence-electron chi connectivity index (χ2n) is 5.02. The highest BCUT2D eigenvalue weighted by Gasteiger charge is 2.18. The number of carbonyl (C=O) groups is 2. The third-order valence-corrected chi connectivity index (χ3v) is 4.76. The van der Waals surface area contributed by atoms with Crippen molar-refractivity contribution in [2.75, 3.05) is 26.8 Å². The number of halogens is 1. The van der Waals surface area contributed by atoms with Gasteiger partial charge in [-0.05, 0) is 31.2 Å². The average molecular weight is 393 g/mol. The zero-order chi connectivity index (χ0) is 18.9. The zero-order valence-electron chi connectivity index (χ0n) is 14.0. The molecule has 0 spiro atoms. The summed E-state index contributed by atoms with van der Waals surface area (Å²) in [6.45, 7) is 1.93. The SMILES string of the molecule is COCCNC(=O)[C@@H](C)OC(=O)CCNS(=O)(=O)c1ccc(Cl)cc1. The number of rotatable bonds is 10. The van der Waals surface area contributed by atoms with Crippen LogP contribution in [0.1, 0.15) is 13.3 Å². The van der Waals surface area contributed by atoms with E-state index in [2.05, 4.69) is 10.0 Å². The lowest BCUT2D eigenvalue weighted by Gasteiger charge is -2.13. The predicted octanol–water partition coefficient (Wildman–Crippen LogP) is 0.703. The summed E-state index contributed by atoms with van der Waals surface area (Å²) in [6, 6.07) is 5.62. The average Bonchev–Trinajstić information content (AvgIpc) is 2.55. The summed E-state index contributed by atoms with van der Waals surface area (Å²) in [7, 11) is -2.24. The molecule has 0 unspecified atom stereocenters. The monoisotopic (exact) mass is 392 g/mol. The molecule has 0 aliphatic heterocycles. The Labute approximate surface area is 151 Å². The Morgan fingerprint density at radius 2 is 1.84 bits per heavy atom. The summed E-state index contributed by atoms with van der Waals surface area (Å²) in [5.74, 6) is -1.14. The smallest absolute Gasteiger partial charge is 0.307 e. The number of amides is 1. The molecule has 0 heterocycles. The number of benzene rings is 1. The molecule has 8 nitrogen and oxygen atoms in total. The van der Waals surface area contributed by atoms with Gasteiger partial charge in [-0.1, -0.05) is 11.6 Å². The van der Waals surface area contributed by atoms with Crippen LogP contribution >= 0.6 is 11.6 Å². The van der Waals surface area contributed by atoms with Crippen LogP contribution in [0.3, 0.4) is 0 Å². The van der Waals surface area contributed by atoms with Crippen molar-refractivity contribution < 1.29 is 27.5 Å². The maximum Gasteiger partial charge on any atom is 0.307 e. The predicted molar refractivity (Wildman–Crippen MR) is 91.7 cm³/mol. The first-order valence-corrected chi connectivity index (χ1v) is 9.33. The minimum Gasteiger partial charge on any atom is -0.453 e. The molecule has 1 aromatic rings. The molecule has 10 heteroatoms. The summed E-state index contributed by atoms with van der Waals surface area (Å²) in [6.07, 6.45) is -1.18. The third-order valence-electron chi connectivity index (χ3n) is 3.03. The second kappa shape index (κ2) is 10.3. The van der Waals surface area contributed by atoms with Gasteiger partial charge in [0.15, 0.2) is 6.10 Å². The van der Waals surface area contributed by atoms with Crippen LogP contribution in [0.2, 0.25) is 5.02 Å². The van der Waals surface area contributed by atoms with E-state index in [1.165, 1.54) is 38.3 Å². The number of hydrogen-bond acceptors (Lipinski definition) is 6. The van der Waals surface area contributed by atoms with Crippen molar-refractivity contribution in [3.8, 4) is 0 Å². The Morgan fingerprint density at radius 1 is 1.20 bits per heavy atom. The van der Waals surface area contributed by atoms with Gasteiger partial charge in [-0.25, -0.2) is 13.1 Å². The van der Waals surface area contributed by atoms with E-state index in [0.717, 1.165) is 0 Å². The fraction of sp³-hybridized carbons (Fsp3) is 0.467. The fourth-order valence-corrected chi connectivity index (χ4v) is 2.87. The van der Waals surface area contributed by atoms with Crippen LogP contribution < -0.4 is 10.0 Å². The van der Waals surface area contributed by atoms with Crippen molar-refractivity contribution in [3.05, 3.63) is 29.3 Å². The number of esters is 1. The highest BCUT2D eigenvalue weighted by molar-refractivity contribution is 7.89. The molecule has 1 atom stereocenters. The van der Waals surface area contributed by atoms with Crippen molar-refractivity contribution in [1.29, 1.82) is 0 Å². The summed E-state index contributed by atoms with van der Waals surface area (Å²) >= 11 is 5.71. The molecule has 1 aromatic carbocycles. The van der Waals surface area contributed by atoms with E-state index in [4.69, 9.17) is 21.1 Å². The largest absolute Gasteiger partial charge is 0.453 e. The Morgan fingerprint density at radius 3 is 2.44 bits per heavy atom. The molecule has 0 aliphatic rings. The minimum absolute atomic E-state index is 0.0381. The van der Waals surface area contributed by atoms with Crippen molar-refractivity contribution in [3.63, 3.8) is 0 Å². The molecule has 2 N–H and O–H groups in total. The third kappa shape index (κ3) is 7.82. The van der Waals surface area contributed by atoms with Crippen LogP contribution in [0.5, 0.6) is 0 Å². The van der Waals surface area contributed by atoms with Gasteiger partial charge in [0.2, 0.25) is 10.0 Å². The lowest BCUT2D eigenvalue weighted by atomic mass is 10.3. The van der Waals surface area contributed by atoms with Gasteiger partial charge in [0.05, 0.1) is 17.9 Å². The number of methoxy groups -OCH3 is 1. The number of hydrogen-bond donors (Lipinski definition) is 2. The van der Waals surface area contributed by atoms with Crippen LogP contribution in [-0.4, -0.2) is 53.2 Å². The van der Waals surface area contributed by atoms with E-state index in [1.54, 1.807) is 0 Å². The Bertz CT molecular complexity index is 678. The minimum atomic E-state index is -3.74. The first-order chi connectivity index (χ1) is 11.8. The second-order valence-corrected chi connectivity index (χ2v) is 7.22. The molecule has 1 rings (SSSR count). The Kier molecular flexibility index (Phi) is 8.84. The first-order valence-electron chi connectivity index (χ1n) is 7.47. The molecule has 0 saturated heterocycles. The van der Waals surface area contributed by atoms with Gasteiger partial charge in [-0.2, -0.15) is 0 Å². The molecular formula is C15H21ClN2O6S. The number of nitrogens with one attached hydrogen (secondary N) is 2. The summed E-state index contributed by atoms with van der Waals surface area (Å²) in [5, 5.41) is 2.95. The van der Waals surface area contributed by atoms with E-state index in [9.17, 15) is 18.0 Å². The van der Waals surface area contributed by atoms with Gasteiger partial charge < -0.3 is 14.8 Å². The summed E-state index contributed by atoms with van der Waals surface area (Å²) in [5.41, 5.74) is 0. The van der Waals surface area contributed by atoms with Crippen molar-refractivity contribution in [2.45, 2.75) is 24.3 Å². The quantitative estimate of drug-likeness (QED) is 0.448. The lowest BCUT2D eigenvalue weighted by Crippen LogP contribution is -2.38. The molecular weight excluding hydrogens is 372 g/mol. The number of carbonyl (C=O) groups excluding carboxylic acids is 2. The molecule has 25 heavy (non-hydrogen) atoms. The molecule has 0 radical (unpaired) electrons. The van der Waals surface area contributed by atoms with E-state index in [-0.39, 0.29) is 17.9 Å². The van der Waals surface area contributed by atoms with Crippen molar-refractivity contribution >= 4 is 33.5 Å². The zero-order valence-corrected chi connectivity index (χ0v) is 15.5. The lowest BCUT2D eigenvalue weighted by molar-refractivity contribution is -0.154. The molecule has 0 fully saturated rings. The van der Waals surface area contributed by atoms with Crippen LogP contribution in [0, 0.1) is 0 Å². The van der Waals surface area contributed by atoms with E-state index >= 15 is 0 Å². The normalized spacial score (nSPS) is 12.4. The molecule has 0 bridgehead atoms. The van der Waals surface area contributed by atoms with Crippen LogP contribution in [0.4, 0.5) is 0 Å². The summed E-state index contributed by atoms with van der Waals surface area (Å²) in [4.78, 5) is 23.3. The molecule has 140 valence electrons.